The van der Waals surface area contributed by atoms with Crippen LogP contribution in [-0.4, -0.2) is 69.3 Å². The Kier molecular flexibility index (Phi) is 10.6. The van der Waals surface area contributed by atoms with Gasteiger partial charge in [0.1, 0.15) is 6.04 Å². The van der Waals surface area contributed by atoms with Gasteiger partial charge in [0, 0.05) is 13.1 Å². The third-order valence-electron chi connectivity index (χ3n) is 5.20. The topological polar surface area (TPSA) is 154 Å². The van der Waals surface area contributed by atoms with Crippen molar-refractivity contribution in [3.05, 3.63) is 21.9 Å². The lowest BCUT2D eigenvalue weighted by molar-refractivity contribution is -0.138. The number of carboxylic acid groups (broad SMARTS) is 1. The normalized spacial score (nSPS) is 15.8. The maximum atomic E-state index is 12.4. The summed E-state index contributed by atoms with van der Waals surface area (Å²) >= 11 is 0.999. The van der Waals surface area contributed by atoms with E-state index in [-0.39, 0.29) is 16.5 Å². The fraction of sp³-hybridized carbons (Fsp3) is 0.650. The van der Waals surface area contributed by atoms with Gasteiger partial charge in [0.15, 0.2) is 0 Å². The number of piperidine rings is 1. The predicted octanol–water partition coefficient (Wildman–Crippen LogP) is 0.770. The molecule has 10 nitrogen and oxygen atoms in total. The van der Waals surface area contributed by atoms with Crippen molar-refractivity contribution in [2.24, 2.45) is 5.92 Å². The number of carboxylic acids is 1. The number of amides is 2. The van der Waals surface area contributed by atoms with Gasteiger partial charge in [-0.2, -0.15) is 4.72 Å². The average Bonchev–Trinajstić information content (AvgIpc) is 3.26. The van der Waals surface area contributed by atoms with Crippen LogP contribution in [0.15, 0.2) is 12.1 Å². The van der Waals surface area contributed by atoms with Crippen LogP contribution in [0.2, 0.25) is 0 Å². The molecule has 0 unspecified atom stereocenters. The van der Waals surface area contributed by atoms with Gasteiger partial charge in [0.2, 0.25) is 10.0 Å². The number of sulfonamides is 1. The quantitative estimate of drug-likeness (QED) is 0.275. The van der Waals surface area contributed by atoms with Crippen LogP contribution in [0.4, 0.5) is 0 Å². The number of carbonyl (C=O) groups is 3. The number of aliphatic carboxylic acids is 1. The molecule has 12 heteroatoms. The van der Waals surface area contributed by atoms with Crippen LogP contribution in [0.5, 0.6) is 0 Å². The summed E-state index contributed by atoms with van der Waals surface area (Å²) in [5.41, 5.74) is 0. The molecule has 1 aliphatic heterocycles. The molecule has 1 aromatic rings. The smallest absolute Gasteiger partial charge is 0.323 e. The molecule has 32 heavy (non-hydrogen) atoms. The summed E-state index contributed by atoms with van der Waals surface area (Å²) in [7, 11) is -3.76. The minimum Gasteiger partial charge on any atom is -0.480 e. The molecule has 0 spiro atoms. The van der Waals surface area contributed by atoms with E-state index >= 15 is 0 Å². The van der Waals surface area contributed by atoms with Crippen molar-refractivity contribution in [2.75, 3.05) is 31.9 Å². The summed E-state index contributed by atoms with van der Waals surface area (Å²) in [6.45, 7) is 4.00. The number of unbranched alkanes of at least 4 members (excludes halogenated alkanes) is 1. The van der Waals surface area contributed by atoms with Crippen molar-refractivity contribution < 1.29 is 27.9 Å². The van der Waals surface area contributed by atoms with E-state index in [1.807, 2.05) is 6.92 Å². The Morgan fingerprint density at radius 2 is 1.78 bits per heavy atom. The summed E-state index contributed by atoms with van der Waals surface area (Å²) in [5.74, 6) is -1.78. The van der Waals surface area contributed by atoms with Crippen LogP contribution < -0.4 is 20.7 Å². The van der Waals surface area contributed by atoms with Gasteiger partial charge in [-0.3, -0.25) is 14.4 Å². The SMILES string of the molecule is CCCCS(=O)(=O)N[C@@H](CNC(=O)c1ccc(C(=O)NCCC2CCNCC2)s1)C(=O)O. The van der Waals surface area contributed by atoms with E-state index in [9.17, 15) is 27.9 Å². The lowest BCUT2D eigenvalue weighted by Crippen LogP contribution is -2.48. The van der Waals surface area contributed by atoms with Gasteiger partial charge in [0.05, 0.1) is 15.5 Å². The van der Waals surface area contributed by atoms with Crippen molar-refractivity contribution in [3.8, 4) is 0 Å². The minimum atomic E-state index is -3.76. The molecule has 0 radical (unpaired) electrons. The van der Waals surface area contributed by atoms with Crippen LogP contribution in [0, 0.1) is 5.92 Å². The lowest BCUT2D eigenvalue weighted by atomic mass is 9.95. The Hall–Kier alpha value is -2.02. The first kappa shape index (κ1) is 26.2. The van der Waals surface area contributed by atoms with E-state index in [4.69, 9.17) is 0 Å². The molecular formula is C20H32N4O6S2. The first-order chi connectivity index (χ1) is 15.2. The Labute approximate surface area is 192 Å². The molecule has 2 amide bonds. The molecule has 2 heterocycles. The molecule has 1 fully saturated rings. The van der Waals surface area contributed by atoms with E-state index in [1.165, 1.54) is 6.07 Å². The minimum absolute atomic E-state index is 0.178. The Morgan fingerprint density at radius 3 is 2.38 bits per heavy atom. The summed E-state index contributed by atoms with van der Waals surface area (Å²) in [4.78, 5) is 36.7. The van der Waals surface area contributed by atoms with Gasteiger partial charge < -0.3 is 21.1 Å². The number of nitrogens with one attached hydrogen (secondary N) is 4. The molecule has 1 aliphatic rings. The molecule has 180 valence electrons. The molecule has 0 aromatic carbocycles. The second-order valence-corrected chi connectivity index (χ2v) is 10.8. The molecular weight excluding hydrogens is 456 g/mol. The molecule has 5 N–H and O–H groups in total. The van der Waals surface area contributed by atoms with Crippen molar-refractivity contribution in [1.29, 1.82) is 0 Å². The molecule has 1 aromatic heterocycles. The summed E-state index contributed by atoms with van der Waals surface area (Å²) in [6.07, 6.45) is 4.18. The number of rotatable bonds is 13. The molecule has 0 aliphatic carbocycles. The number of thiophene rings is 1. The van der Waals surface area contributed by atoms with Gasteiger partial charge in [-0.15, -0.1) is 11.3 Å². The summed E-state index contributed by atoms with van der Waals surface area (Å²) in [6, 6.07) is 1.56. The Balaban J connectivity index is 1.82. The monoisotopic (exact) mass is 488 g/mol. The Bertz CT molecular complexity index is 880. The van der Waals surface area contributed by atoms with Gasteiger partial charge in [-0.1, -0.05) is 13.3 Å². The predicted molar refractivity (Wildman–Crippen MR) is 122 cm³/mol. The highest BCUT2D eigenvalue weighted by atomic mass is 32.2. The van der Waals surface area contributed by atoms with Gasteiger partial charge in [-0.05, 0) is 56.8 Å². The summed E-state index contributed by atoms with van der Waals surface area (Å²) < 4.78 is 26.0. The third kappa shape index (κ3) is 8.85. The maximum Gasteiger partial charge on any atom is 0.323 e. The van der Waals surface area contributed by atoms with E-state index in [0.717, 1.165) is 43.7 Å². The summed E-state index contributed by atoms with van der Waals surface area (Å²) in [5, 5.41) is 17.9. The van der Waals surface area contributed by atoms with Gasteiger partial charge in [-0.25, -0.2) is 8.42 Å². The second kappa shape index (κ2) is 12.9. The van der Waals surface area contributed by atoms with Crippen LogP contribution in [0.1, 0.15) is 58.4 Å². The van der Waals surface area contributed by atoms with Crippen molar-refractivity contribution in [1.82, 2.24) is 20.7 Å². The highest BCUT2D eigenvalue weighted by Crippen LogP contribution is 2.18. The highest BCUT2D eigenvalue weighted by Gasteiger charge is 2.25. The van der Waals surface area contributed by atoms with Crippen LogP contribution in [0.3, 0.4) is 0 Å². The van der Waals surface area contributed by atoms with E-state index < -0.39 is 34.5 Å². The first-order valence-corrected chi connectivity index (χ1v) is 13.3. The second-order valence-electron chi connectivity index (χ2n) is 7.79. The van der Waals surface area contributed by atoms with Gasteiger partial charge in [0.25, 0.3) is 11.8 Å². The maximum absolute atomic E-state index is 12.4. The van der Waals surface area contributed by atoms with Gasteiger partial charge >= 0.3 is 5.97 Å². The molecule has 1 saturated heterocycles. The molecule has 1 atom stereocenters. The van der Waals surface area contributed by atoms with E-state index in [2.05, 4.69) is 20.7 Å². The fourth-order valence-electron chi connectivity index (χ4n) is 3.30. The first-order valence-electron chi connectivity index (χ1n) is 10.8. The fourth-order valence-corrected chi connectivity index (χ4v) is 5.54. The number of carbonyl (C=O) groups excluding carboxylic acids is 2. The zero-order valence-corrected chi connectivity index (χ0v) is 19.8. The molecule has 0 bridgehead atoms. The Morgan fingerprint density at radius 1 is 1.16 bits per heavy atom. The largest absolute Gasteiger partial charge is 0.480 e. The number of hydrogen-bond donors (Lipinski definition) is 5. The zero-order valence-electron chi connectivity index (χ0n) is 18.2. The van der Waals surface area contributed by atoms with E-state index in [0.29, 0.717) is 30.2 Å². The van der Waals surface area contributed by atoms with Crippen LogP contribution in [-0.2, 0) is 14.8 Å². The average molecular weight is 489 g/mol. The number of hydrogen-bond acceptors (Lipinski definition) is 7. The van der Waals surface area contributed by atoms with Crippen molar-refractivity contribution in [3.63, 3.8) is 0 Å². The lowest BCUT2D eigenvalue weighted by Gasteiger charge is -2.22. The molecule has 2 rings (SSSR count). The standard InChI is InChI=1S/C20H32N4O6S2/c1-2-3-12-32(29,30)24-15(20(27)28)13-23-19(26)17-5-4-16(31-17)18(25)22-11-8-14-6-9-21-10-7-14/h4-5,14-15,21,24H,2-3,6-13H2,1H3,(H,22,25)(H,23,26)(H,27,28)/t15-/m0/s1. The molecule has 0 saturated carbocycles. The zero-order chi connectivity index (χ0) is 23.6. The van der Waals surface area contributed by atoms with Crippen molar-refractivity contribution in [2.45, 2.75) is 45.1 Å². The van der Waals surface area contributed by atoms with Crippen LogP contribution in [0.25, 0.3) is 0 Å². The van der Waals surface area contributed by atoms with Crippen molar-refractivity contribution >= 4 is 39.1 Å². The van der Waals surface area contributed by atoms with Crippen LogP contribution >= 0.6 is 11.3 Å². The third-order valence-corrected chi connectivity index (χ3v) is 7.76. The van der Waals surface area contributed by atoms with E-state index in [1.54, 1.807) is 6.07 Å². The highest BCUT2D eigenvalue weighted by molar-refractivity contribution is 7.89.